The summed E-state index contributed by atoms with van der Waals surface area (Å²) in [6, 6.07) is 11.8. The van der Waals surface area contributed by atoms with E-state index in [1.807, 2.05) is 30.3 Å². The first-order valence-electron chi connectivity index (χ1n) is 12.9. The summed E-state index contributed by atoms with van der Waals surface area (Å²) in [7, 11) is -7.78. The molecule has 1 amide bonds. The number of hydrogen-bond donors (Lipinski definition) is 1. The summed E-state index contributed by atoms with van der Waals surface area (Å²) in [4.78, 5) is 14.7. The second-order valence-corrected chi connectivity index (χ2v) is 15.4. The third kappa shape index (κ3) is 6.49. The van der Waals surface area contributed by atoms with E-state index in [0.29, 0.717) is 31.7 Å². The number of nitrogens with one attached hydrogen (secondary N) is 1. The van der Waals surface area contributed by atoms with Gasteiger partial charge in [-0.05, 0) is 75.6 Å². The smallest absolute Gasteiger partial charge is 0.341 e. The van der Waals surface area contributed by atoms with Crippen molar-refractivity contribution in [2.45, 2.75) is 73.1 Å². The van der Waals surface area contributed by atoms with Crippen LogP contribution in [0.5, 0.6) is 0 Å². The Labute approximate surface area is 227 Å². The number of likely N-dealkylation sites (tertiary alicyclic amines) is 1. The van der Waals surface area contributed by atoms with Crippen LogP contribution in [0.2, 0.25) is 0 Å². The first-order valence-corrected chi connectivity index (χ1v) is 15.9. The van der Waals surface area contributed by atoms with Gasteiger partial charge in [0.05, 0.1) is 20.5 Å². The van der Waals surface area contributed by atoms with E-state index in [2.05, 4.69) is 4.72 Å². The van der Waals surface area contributed by atoms with Crippen LogP contribution < -0.4 is 4.72 Å². The molecular weight excluding hydrogens is 553 g/mol. The lowest BCUT2D eigenvalue weighted by molar-refractivity contribution is -0.137. The fourth-order valence-electron chi connectivity index (χ4n) is 5.08. The Kier molecular flexibility index (Phi) is 8.22. The largest absolute Gasteiger partial charge is 0.416 e. The van der Waals surface area contributed by atoms with Crippen LogP contribution in [0.25, 0.3) is 0 Å². The van der Waals surface area contributed by atoms with Crippen molar-refractivity contribution in [3.63, 3.8) is 0 Å². The molecule has 0 aromatic heterocycles. The lowest BCUT2D eigenvalue weighted by atomic mass is 9.85. The number of sulfonamides is 1. The van der Waals surface area contributed by atoms with E-state index in [0.717, 1.165) is 17.7 Å². The third-order valence-electron chi connectivity index (χ3n) is 7.80. The molecule has 1 atom stereocenters. The van der Waals surface area contributed by atoms with Crippen LogP contribution in [0.1, 0.15) is 50.7 Å². The van der Waals surface area contributed by atoms with E-state index in [9.17, 15) is 34.8 Å². The Morgan fingerprint density at radius 2 is 1.56 bits per heavy atom. The number of halogens is 3. The Hall–Kier alpha value is -2.44. The standard InChI is InChI=1S/C27H33F3N2O5S2/c1-26(2,38(34,35)23-10-6-9-21(18-23)27(28,29)30)20-13-15-32(16-14-20)25(33)24(17-19-7-4-3-5-8-19)31-39(36,37)22-11-12-22/h3-10,18,20,22,24,31H,11-17H2,1-2H3/t24-/m1/s1. The summed E-state index contributed by atoms with van der Waals surface area (Å²) in [5.74, 6) is -0.795. The maximum Gasteiger partial charge on any atom is 0.416 e. The Balaban J connectivity index is 1.48. The molecule has 12 heteroatoms. The summed E-state index contributed by atoms with van der Waals surface area (Å²) in [5, 5.41) is -0.490. The quantitative estimate of drug-likeness (QED) is 0.475. The summed E-state index contributed by atoms with van der Waals surface area (Å²) in [6.45, 7) is 3.43. The maximum absolute atomic E-state index is 13.5. The first kappa shape index (κ1) is 29.5. The molecule has 1 aliphatic heterocycles. The second-order valence-electron chi connectivity index (χ2n) is 10.8. The second kappa shape index (κ2) is 10.9. The van der Waals surface area contributed by atoms with Crippen molar-refractivity contribution >= 4 is 25.8 Å². The topological polar surface area (TPSA) is 101 Å². The number of sulfone groups is 1. The van der Waals surface area contributed by atoms with E-state index < -0.39 is 58.5 Å². The molecule has 2 fully saturated rings. The molecule has 4 rings (SSSR count). The predicted molar refractivity (Wildman–Crippen MR) is 141 cm³/mol. The van der Waals surface area contributed by atoms with Crippen LogP contribution in [0.3, 0.4) is 0 Å². The van der Waals surface area contributed by atoms with Gasteiger partial charge in [0, 0.05) is 13.1 Å². The monoisotopic (exact) mass is 586 g/mol. The van der Waals surface area contributed by atoms with Crippen LogP contribution in [-0.2, 0) is 37.3 Å². The lowest BCUT2D eigenvalue weighted by Crippen LogP contribution is -2.54. The third-order valence-corrected chi connectivity index (χ3v) is 12.4. The summed E-state index contributed by atoms with van der Waals surface area (Å²) in [5.41, 5.74) is -0.226. The van der Waals surface area contributed by atoms with Gasteiger partial charge in [-0.2, -0.15) is 13.2 Å². The minimum absolute atomic E-state index is 0.182. The van der Waals surface area contributed by atoms with Crippen LogP contribution in [0.4, 0.5) is 13.2 Å². The predicted octanol–water partition coefficient (Wildman–Crippen LogP) is 4.19. The van der Waals surface area contributed by atoms with Gasteiger partial charge in [-0.3, -0.25) is 4.79 Å². The highest BCUT2D eigenvalue weighted by molar-refractivity contribution is 7.92. The zero-order chi connectivity index (χ0) is 28.6. The van der Waals surface area contributed by atoms with Crippen molar-refractivity contribution in [1.29, 1.82) is 0 Å². The fourth-order valence-corrected chi connectivity index (χ4v) is 8.43. The van der Waals surface area contributed by atoms with Gasteiger partial charge < -0.3 is 4.90 Å². The van der Waals surface area contributed by atoms with Crippen molar-refractivity contribution in [2.24, 2.45) is 5.92 Å². The van der Waals surface area contributed by atoms with E-state index in [1.165, 1.54) is 19.9 Å². The fraction of sp³-hybridized carbons (Fsp3) is 0.519. The number of piperidine rings is 1. The van der Waals surface area contributed by atoms with Crippen molar-refractivity contribution < 1.29 is 34.8 Å². The number of benzene rings is 2. The van der Waals surface area contributed by atoms with Gasteiger partial charge in [0.25, 0.3) is 0 Å². The number of hydrogen-bond acceptors (Lipinski definition) is 5. The van der Waals surface area contributed by atoms with Crippen LogP contribution in [0.15, 0.2) is 59.5 Å². The Morgan fingerprint density at radius 1 is 0.949 bits per heavy atom. The number of amides is 1. The van der Waals surface area contributed by atoms with E-state index in [1.54, 1.807) is 4.90 Å². The minimum atomic E-state index is -4.67. The van der Waals surface area contributed by atoms with Gasteiger partial charge in [0.15, 0.2) is 9.84 Å². The normalized spacial score (nSPS) is 18.6. The first-order chi connectivity index (χ1) is 18.1. The molecule has 1 N–H and O–H groups in total. The molecule has 0 spiro atoms. The minimum Gasteiger partial charge on any atom is -0.341 e. The maximum atomic E-state index is 13.5. The van der Waals surface area contributed by atoms with Crippen molar-refractivity contribution in [1.82, 2.24) is 9.62 Å². The molecular formula is C27H33F3N2O5S2. The highest BCUT2D eigenvalue weighted by Gasteiger charge is 2.46. The van der Waals surface area contributed by atoms with Gasteiger partial charge in [-0.15, -0.1) is 0 Å². The zero-order valence-electron chi connectivity index (χ0n) is 21.8. The zero-order valence-corrected chi connectivity index (χ0v) is 23.4. The molecule has 7 nitrogen and oxygen atoms in total. The van der Waals surface area contributed by atoms with Crippen LogP contribution >= 0.6 is 0 Å². The van der Waals surface area contributed by atoms with Crippen molar-refractivity contribution in [3.8, 4) is 0 Å². The van der Waals surface area contributed by atoms with Gasteiger partial charge in [-0.1, -0.05) is 36.4 Å². The number of carbonyl (C=O) groups is 1. The van der Waals surface area contributed by atoms with Crippen LogP contribution in [0, 0.1) is 5.92 Å². The molecule has 1 heterocycles. The van der Waals surface area contributed by atoms with Gasteiger partial charge in [0.1, 0.15) is 6.04 Å². The average Bonchev–Trinajstić information content (AvgIpc) is 3.74. The summed E-state index contributed by atoms with van der Waals surface area (Å²) < 4.78 is 93.1. The molecule has 2 aromatic carbocycles. The number of alkyl halides is 3. The average molecular weight is 587 g/mol. The van der Waals surface area contributed by atoms with Crippen molar-refractivity contribution in [2.75, 3.05) is 13.1 Å². The van der Waals surface area contributed by atoms with Gasteiger partial charge in [0.2, 0.25) is 15.9 Å². The van der Waals surface area contributed by atoms with E-state index in [4.69, 9.17) is 0 Å². The number of nitrogens with zero attached hydrogens (tertiary/aromatic N) is 1. The van der Waals surface area contributed by atoms with Gasteiger partial charge >= 0.3 is 6.18 Å². The Morgan fingerprint density at radius 3 is 2.13 bits per heavy atom. The molecule has 39 heavy (non-hydrogen) atoms. The lowest BCUT2D eigenvalue weighted by Gasteiger charge is -2.41. The van der Waals surface area contributed by atoms with Crippen LogP contribution in [-0.4, -0.2) is 56.8 Å². The molecule has 1 saturated heterocycles. The molecule has 1 saturated carbocycles. The molecule has 0 unspecified atom stereocenters. The van der Waals surface area contributed by atoms with Gasteiger partial charge in [-0.25, -0.2) is 21.6 Å². The molecule has 0 bridgehead atoms. The molecule has 214 valence electrons. The number of carbonyl (C=O) groups excluding carboxylic acids is 1. The molecule has 2 aromatic rings. The number of rotatable bonds is 9. The summed E-state index contributed by atoms with van der Waals surface area (Å²) in [6.07, 6.45) is -2.75. The molecule has 0 radical (unpaired) electrons. The molecule has 1 aliphatic carbocycles. The van der Waals surface area contributed by atoms with E-state index in [-0.39, 0.29) is 25.4 Å². The Bertz CT molecular complexity index is 1400. The summed E-state index contributed by atoms with van der Waals surface area (Å²) >= 11 is 0. The molecule has 2 aliphatic rings. The van der Waals surface area contributed by atoms with Crippen molar-refractivity contribution in [3.05, 3.63) is 65.7 Å². The van der Waals surface area contributed by atoms with E-state index >= 15 is 0 Å². The SMILES string of the molecule is CC(C)(C1CCN(C(=O)[C@@H](Cc2ccccc2)NS(=O)(=O)C2CC2)CC1)S(=O)(=O)c1cccc(C(F)(F)F)c1. The highest BCUT2D eigenvalue weighted by Crippen LogP contribution is 2.39. The highest BCUT2D eigenvalue weighted by atomic mass is 32.2.